The molecule has 182 valence electrons. The number of halogens is 2. The molecule has 0 bridgehead atoms. The molecular formula is C25H22ClFN8O. The van der Waals surface area contributed by atoms with E-state index in [1.165, 1.54) is 6.07 Å². The van der Waals surface area contributed by atoms with Gasteiger partial charge in [-0.25, -0.2) is 19.2 Å². The third-order valence-corrected chi connectivity index (χ3v) is 8.40. The van der Waals surface area contributed by atoms with Crippen LogP contribution in [0.1, 0.15) is 12.0 Å². The molecule has 1 saturated heterocycles. The molecule has 3 atom stereocenters. The second-order valence-electron chi connectivity index (χ2n) is 9.60. The number of benzene rings is 2. The number of piperidine rings is 1. The molecule has 3 aromatic heterocycles. The number of anilines is 1. The topological polar surface area (TPSA) is 132 Å². The fourth-order valence-corrected chi connectivity index (χ4v) is 6.52. The zero-order valence-corrected chi connectivity index (χ0v) is 19.8. The molecule has 2 aliphatic rings. The van der Waals surface area contributed by atoms with E-state index in [9.17, 15) is 9.18 Å². The lowest BCUT2D eigenvalue weighted by atomic mass is 9.91. The van der Waals surface area contributed by atoms with Gasteiger partial charge >= 0.3 is 5.69 Å². The second-order valence-corrected chi connectivity index (χ2v) is 9.98. The molecule has 2 fully saturated rings. The van der Waals surface area contributed by atoms with Gasteiger partial charge in [-0.05, 0) is 42.0 Å². The first-order valence-electron chi connectivity index (χ1n) is 11.8. The molecular weight excluding hydrogens is 483 g/mol. The number of nitrogens with two attached hydrogens (primary N) is 1. The Labute approximate surface area is 208 Å². The summed E-state index contributed by atoms with van der Waals surface area (Å²) >= 11 is 6.59. The molecule has 1 aliphatic heterocycles. The van der Waals surface area contributed by atoms with Crippen LogP contribution in [0.5, 0.6) is 0 Å². The van der Waals surface area contributed by atoms with Gasteiger partial charge in [-0.15, -0.1) is 0 Å². The first kappa shape index (κ1) is 21.5. The quantitative estimate of drug-likeness (QED) is 0.297. The SMILES string of the molecule is NC[C@]1(c2ccccc2F)[C@@H]2CCN(c3cnc4c(-c5ccc6[nH]c(=O)[nH]c6c5Cl)n[nH]c4n3)C[C@@H]21. The maximum Gasteiger partial charge on any atom is 0.323 e. The summed E-state index contributed by atoms with van der Waals surface area (Å²) < 4.78 is 14.7. The number of fused-ring (bicyclic) bond motifs is 3. The fraction of sp³-hybridized carbons (Fsp3) is 0.280. The third kappa shape index (κ3) is 2.91. The molecule has 4 heterocycles. The normalized spacial score (nSPS) is 23.4. The summed E-state index contributed by atoms with van der Waals surface area (Å²) in [6, 6.07) is 10.6. The third-order valence-electron chi connectivity index (χ3n) is 8.01. The summed E-state index contributed by atoms with van der Waals surface area (Å²) in [6.45, 7) is 1.95. The van der Waals surface area contributed by atoms with Crippen molar-refractivity contribution in [3.05, 3.63) is 69.5 Å². The van der Waals surface area contributed by atoms with Gasteiger partial charge < -0.3 is 20.6 Å². The van der Waals surface area contributed by atoms with Crippen LogP contribution in [0.15, 0.2) is 47.4 Å². The predicted molar refractivity (Wildman–Crippen MR) is 136 cm³/mol. The average molecular weight is 505 g/mol. The first-order chi connectivity index (χ1) is 17.5. The molecule has 5 aromatic rings. The Morgan fingerprint density at radius 3 is 2.89 bits per heavy atom. The Kier molecular flexibility index (Phi) is 4.55. The van der Waals surface area contributed by atoms with Crippen molar-refractivity contribution in [3.63, 3.8) is 0 Å². The maximum absolute atomic E-state index is 14.7. The second kappa shape index (κ2) is 7.62. The van der Waals surface area contributed by atoms with E-state index in [-0.39, 0.29) is 22.8 Å². The molecule has 2 aromatic carbocycles. The Bertz CT molecular complexity index is 1710. The van der Waals surface area contributed by atoms with E-state index in [2.05, 4.69) is 30.0 Å². The van der Waals surface area contributed by atoms with E-state index in [4.69, 9.17) is 22.3 Å². The zero-order chi connectivity index (χ0) is 24.6. The lowest BCUT2D eigenvalue weighted by molar-refractivity contribution is 0.533. The minimum Gasteiger partial charge on any atom is -0.355 e. The highest BCUT2D eigenvalue weighted by atomic mass is 35.5. The number of imidazole rings is 1. The number of rotatable bonds is 4. The van der Waals surface area contributed by atoms with Crippen LogP contribution in [-0.2, 0) is 5.41 Å². The molecule has 5 N–H and O–H groups in total. The molecule has 1 saturated carbocycles. The molecule has 11 heteroatoms. The molecule has 9 nitrogen and oxygen atoms in total. The van der Waals surface area contributed by atoms with Gasteiger partial charge in [-0.3, -0.25) is 5.10 Å². The van der Waals surface area contributed by atoms with Crippen LogP contribution >= 0.6 is 11.6 Å². The number of hydrogen-bond donors (Lipinski definition) is 4. The van der Waals surface area contributed by atoms with Crippen molar-refractivity contribution in [2.75, 3.05) is 24.5 Å². The fourth-order valence-electron chi connectivity index (χ4n) is 6.22. The predicted octanol–water partition coefficient (Wildman–Crippen LogP) is 3.33. The molecule has 1 aliphatic carbocycles. The smallest absolute Gasteiger partial charge is 0.323 e. The number of hydrogen-bond acceptors (Lipinski definition) is 6. The van der Waals surface area contributed by atoms with Crippen molar-refractivity contribution in [2.24, 2.45) is 17.6 Å². The maximum atomic E-state index is 14.7. The summed E-state index contributed by atoms with van der Waals surface area (Å²) in [5, 5.41) is 7.77. The van der Waals surface area contributed by atoms with Crippen LogP contribution in [0.3, 0.4) is 0 Å². The van der Waals surface area contributed by atoms with Crippen LogP contribution < -0.4 is 16.3 Å². The van der Waals surface area contributed by atoms with E-state index in [0.29, 0.717) is 50.9 Å². The summed E-state index contributed by atoms with van der Waals surface area (Å²) in [5.74, 6) is 1.18. The van der Waals surface area contributed by atoms with Gasteiger partial charge in [0.2, 0.25) is 0 Å². The zero-order valence-electron chi connectivity index (χ0n) is 19.1. The highest BCUT2D eigenvalue weighted by Crippen LogP contribution is 2.63. The van der Waals surface area contributed by atoms with Crippen LogP contribution in [0.4, 0.5) is 10.2 Å². The van der Waals surface area contributed by atoms with Gasteiger partial charge in [-0.1, -0.05) is 29.8 Å². The van der Waals surface area contributed by atoms with Crippen molar-refractivity contribution in [1.82, 2.24) is 30.1 Å². The summed E-state index contributed by atoms with van der Waals surface area (Å²) in [5.41, 5.74) is 9.77. The molecule has 0 unspecified atom stereocenters. The standard InChI is InChI=1S/C25H22ClFN8O/c26-19-12(5-6-17-21(19)32-24(36)30-17)20-22-23(34-33-20)31-18(9-29-22)35-8-7-13-15(10-35)25(13,11-28)14-3-1-2-4-16(14)27/h1-6,9,13,15H,7-8,10-11,28H2,(H2,30,32,36)(H,31,33,34)/t13-,15+,25-/m1/s1. The highest BCUT2D eigenvalue weighted by Gasteiger charge is 2.66. The van der Waals surface area contributed by atoms with Crippen molar-refractivity contribution in [2.45, 2.75) is 11.8 Å². The summed E-state index contributed by atoms with van der Waals surface area (Å²) in [6.07, 6.45) is 2.65. The Morgan fingerprint density at radius 2 is 2.06 bits per heavy atom. The van der Waals surface area contributed by atoms with Gasteiger partial charge in [0.1, 0.15) is 22.8 Å². The van der Waals surface area contributed by atoms with Crippen molar-refractivity contribution >= 4 is 39.6 Å². The van der Waals surface area contributed by atoms with E-state index < -0.39 is 0 Å². The van der Waals surface area contributed by atoms with Crippen molar-refractivity contribution < 1.29 is 4.39 Å². The van der Waals surface area contributed by atoms with Crippen LogP contribution in [-0.4, -0.2) is 49.8 Å². The van der Waals surface area contributed by atoms with Crippen LogP contribution in [0.2, 0.25) is 5.02 Å². The lowest BCUT2D eigenvalue weighted by Crippen LogP contribution is -2.32. The molecule has 7 rings (SSSR count). The van der Waals surface area contributed by atoms with Crippen LogP contribution in [0.25, 0.3) is 33.5 Å². The van der Waals surface area contributed by atoms with E-state index in [1.54, 1.807) is 24.4 Å². The largest absolute Gasteiger partial charge is 0.355 e. The number of aromatic amines is 3. The van der Waals surface area contributed by atoms with E-state index >= 15 is 0 Å². The Morgan fingerprint density at radius 1 is 1.19 bits per heavy atom. The number of nitrogens with zero attached hydrogens (tertiary/aromatic N) is 4. The Balaban J connectivity index is 1.20. The number of H-pyrrole nitrogens is 3. The van der Waals surface area contributed by atoms with Gasteiger partial charge in [0, 0.05) is 30.6 Å². The average Bonchev–Trinajstić information content (AvgIpc) is 3.12. The summed E-state index contributed by atoms with van der Waals surface area (Å²) in [7, 11) is 0. The molecule has 0 spiro atoms. The molecule has 0 radical (unpaired) electrons. The summed E-state index contributed by atoms with van der Waals surface area (Å²) in [4.78, 5) is 28.7. The Hall–Kier alpha value is -3.76. The molecule has 0 amide bonds. The number of aromatic nitrogens is 6. The van der Waals surface area contributed by atoms with Gasteiger partial charge in [0.05, 0.1) is 22.3 Å². The monoisotopic (exact) mass is 504 g/mol. The first-order valence-corrected chi connectivity index (χ1v) is 12.2. The van der Waals surface area contributed by atoms with E-state index in [1.807, 2.05) is 12.1 Å². The van der Waals surface area contributed by atoms with E-state index in [0.717, 1.165) is 30.9 Å². The van der Waals surface area contributed by atoms with Gasteiger partial charge in [0.15, 0.2) is 5.65 Å². The highest BCUT2D eigenvalue weighted by molar-refractivity contribution is 6.38. The van der Waals surface area contributed by atoms with Crippen LogP contribution in [0, 0.1) is 17.7 Å². The van der Waals surface area contributed by atoms with Crippen molar-refractivity contribution in [1.29, 1.82) is 0 Å². The minimum absolute atomic E-state index is 0.185. The van der Waals surface area contributed by atoms with Crippen molar-refractivity contribution in [3.8, 4) is 11.3 Å². The van der Waals surface area contributed by atoms with Gasteiger partial charge in [-0.2, -0.15) is 5.10 Å². The molecule has 36 heavy (non-hydrogen) atoms. The van der Waals surface area contributed by atoms with Gasteiger partial charge in [0.25, 0.3) is 0 Å². The lowest BCUT2D eigenvalue weighted by Gasteiger charge is -2.26. The minimum atomic E-state index is -0.326. The number of nitrogens with one attached hydrogen (secondary N) is 3.